The number of fused-ring (bicyclic) bond motifs is 1. The van der Waals surface area contributed by atoms with E-state index in [1.54, 1.807) is 13.8 Å². The van der Waals surface area contributed by atoms with Crippen molar-refractivity contribution in [1.82, 2.24) is 0 Å². The first kappa shape index (κ1) is 9.82. The smallest absolute Gasteiger partial charge is 0.284 e. The van der Waals surface area contributed by atoms with Crippen LogP contribution in [0.15, 0.2) is 10.1 Å². The topological polar surface area (TPSA) is 88.1 Å². The van der Waals surface area contributed by atoms with Gasteiger partial charge in [0.2, 0.25) is 5.78 Å². The highest BCUT2D eigenvalue weighted by Gasteiger charge is 2.46. The summed E-state index contributed by atoms with van der Waals surface area (Å²) in [6.45, 7) is 3.22. The monoisotopic (exact) mass is 209 g/mol. The molecule has 0 atom stereocenters. The van der Waals surface area contributed by atoms with Crippen LogP contribution < -0.4 is 0 Å². The zero-order valence-electron chi connectivity index (χ0n) is 8.52. The van der Waals surface area contributed by atoms with E-state index in [0.29, 0.717) is 16.9 Å². The average molecular weight is 209 g/mol. The Hall–Kier alpha value is -1.72. The van der Waals surface area contributed by atoms with Gasteiger partial charge in [0.05, 0.1) is 0 Å². The van der Waals surface area contributed by atoms with Gasteiger partial charge >= 0.3 is 0 Å². The number of carbonyl (C=O) groups excluding carboxylic acids is 1. The summed E-state index contributed by atoms with van der Waals surface area (Å²) in [5.74, 6) is -0.235. The van der Waals surface area contributed by atoms with Crippen LogP contribution in [0.25, 0.3) is 0 Å². The minimum absolute atomic E-state index is 0.0269. The second kappa shape index (κ2) is 2.88. The molecule has 0 aromatic carbocycles. The Morgan fingerprint density at radius 1 is 1.53 bits per heavy atom. The van der Waals surface area contributed by atoms with Crippen LogP contribution in [-0.4, -0.2) is 38.5 Å². The zero-order chi connectivity index (χ0) is 11.2. The van der Waals surface area contributed by atoms with E-state index in [1.807, 2.05) is 0 Å². The molecule has 15 heavy (non-hydrogen) atoms. The van der Waals surface area contributed by atoms with Crippen LogP contribution in [0.2, 0.25) is 0 Å². The minimum Gasteiger partial charge on any atom is -0.621 e. The number of hydroxylamine groups is 1. The van der Waals surface area contributed by atoms with E-state index >= 15 is 0 Å². The molecule has 2 rings (SSSR count). The molecule has 80 valence electrons. The highest BCUT2D eigenvalue weighted by Crippen LogP contribution is 2.22. The van der Waals surface area contributed by atoms with Crippen LogP contribution in [0.5, 0.6) is 0 Å². The molecule has 1 aliphatic heterocycles. The molecule has 0 aromatic rings. The number of aliphatic imine (C=N–C) groups is 1. The summed E-state index contributed by atoms with van der Waals surface area (Å²) < 4.78 is 0.592. The first-order valence-corrected chi connectivity index (χ1v) is 4.66. The third kappa shape index (κ3) is 1.25. The fourth-order valence-electron chi connectivity index (χ4n) is 1.75. The Morgan fingerprint density at radius 3 is 2.80 bits per heavy atom. The lowest BCUT2D eigenvalue weighted by Gasteiger charge is -2.15. The van der Waals surface area contributed by atoms with E-state index in [-0.39, 0.29) is 23.6 Å². The lowest BCUT2D eigenvalue weighted by atomic mass is 9.93. The highest BCUT2D eigenvalue weighted by atomic mass is 16.5. The highest BCUT2D eigenvalue weighted by molar-refractivity contribution is 6.82. The molecule has 6 heteroatoms. The van der Waals surface area contributed by atoms with E-state index in [2.05, 4.69) is 10.1 Å². The van der Waals surface area contributed by atoms with E-state index < -0.39 is 5.66 Å². The number of hydrogen-bond donors (Lipinski definition) is 1. The molecule has 0 amide bonds. The number of nitrogens with zero attached hydrogens (tertiary/aromatic N) is 3. The maximum absolute atomic E-state index is 11.7. The summed E-state index contributed by atoms with van der Waals surface area (Å²) in [7, 11) is 0. The SMILES string of the molecule is CC1(C)N=C2C(=[N+]1[O-])C(=O)CC/C2=N\O. The Labute approximate surface area is 86.2 Å². The molecule has 6 nitrogen and oxygen atoms in total. The molecule has 0 spiro atoms. The number of ketones is 1. The first-order chi connectivity index (χ1) is 6.97. The van der Waals surface area contributed by atoms with Crippen molar-refractivity contribution in [3.05, 3.63) is 5.21 Å². The van der Waals surface area contributed by atoms with Crippen molar-refractivity contribution >= 4 is 22.9 Å². The molecular formula is C9H11N3O3. The van der Waals surface area contributed by atoms with Gasteiger partial charge in [0.15, 0.2) is 5.71 Å². The molecular weight excluding hydrogens is 198 g/mol. The molecule has 1 heterocycles. The van der Waals surface area contributed by atoms with E-state index in [9.17, 15) is 10.0 Å². The van der Waals surface area contributed by atoms with Crippen LogP contribution in [0.1, 0.15) is 26.7 Å². The van der Waals surface area contributed by atoms with Crippen molar-refractivity contribution in [2.75, 3.05) is 0 Å². The second-order valence-electron chi connectivity index (χ2n) is 4.07. The first-order valence-electron chi connectivity index (χ1n) is 4.66. The fourth-order valence-corrected chi connectivity index (χ4v) is 1.75. The summed E-state index contributed by atoms with van der Waals surface area (Å²) in [5.41, 5.74) is -0.399. The summed E-state index contributed by atoms with van der Waals surface area (Å²) in [4.78, 5) is 15.6. The summed E-state index contributed by atoms with van der Waals surface area (Å²) in [6, 6.07) is 0. The summed E-state index contributed by atoms with van der Waals surface area (Å²) >= 11 is 0. The molecule has 1 aliphatic carbocycles. The van der Waals surface area contributed by atoms with Gasteiger partial charge in [-0.3, -0.25) is 4.79 Å². The van der Waals surface area contributed by atoms with E-state index in [4.69, 9.17) is 5.21 Å². The molecule has 0 saturated heterocycles. The molecule has 1 saturated carbocycles. The van der Waals surface area contributed by atoms with E-state index in [1.165, 1.54) is 0 Å². The Kier molecular flexibility index (Phi) is 1.89. The van der Waals surface area contributed by atoms with Gasteiger partial charge in [-0.05, 0) is 0 Å². The maximum Gasteiger partial charge on any atom is 0.284 e. The van der Waals surface area contributed by atoms with Crippen LogP contribution in [0, 0.1) is 5.21 Å². The van der Waals surface area contributed by atoms with Gasteiger partial charge in [-0.2, -0.15) is 4.74 Å². The van der Waals surface area contributed by atoms with Gasteiger partial charge in [0.25, 0.3) is 11.4 Å². The predicted molar refractivity (Wildman–Crippen MR) is 53.6 cm³/mol. The van der Waals surface area contributed by atoms with Crippen molar-refractivity contribution in [2.24, 2.45) is 10.1 Å². The number of rotatable bonds is 0. The standard InChI is InChI=1S/C9H11N3O3/c1-9(2)10-7-5(11-14)3-4-6(13)8(7)12(9)15/h14H,3-4H2,1-2H3/b11-5+. The Balaban J connectivity index is 2.61. The largest absolute Gasteiger partial charge is 0.621 e. The Morgan fingerprint density at radius 2 is 2.20 bits per heavy atom. The number of hydrogen-bond acceptors (Lipinski definition) is 5. The van der Waals surface area contributed by atoms with Gasteiger partial charge in [0.1, 0.15) is 5.71 Å². The third-order valence-electron chi connectivity index (χ3n) is 2.56. The number of carbonyl (C=O) groups is 1. The van der Waals surface area contributed by atoms with Crippen molar-refractivity contribution in [1.29, 1.82) is 0 Å². The summed E-state index contributed by atoms with van der Waals surface area (Å²) in [6.07, 6.45) is 0.532. The molecule has 1 fully saturated rings. The van der Waals surface area contributed by atoms with Gasteiger partial charge in [-0.15, -0.1) is 0 Å². The molecule has 0 unspecified atom stereocenters. The predicted octanol–water partition coefficient (Wildman–Crippen LogP) is 0.321. The normalized spacial score (nSPS) is 26.9. The van der Waals surface area contributed by atoms with Gasteiger partial charge in [-0.25, -0.2) is 4.99 Å². The maximum atomic E-state index is 11.7. The van der Waals surface area contributed by atoms with Crippen molar-refractivity contribution in [2.45, 2.75) is 32.4 Å². The molecule has 0 aromatic heterocycles. The molecule has 0 bridgehead atoms. The molecule has 1 N–H and O–H groups in total. The number of Topliss-reactive ketones (excluding diaryl/α,β-unsaturated/α-hetero) is 1. The molecule has 0 radical (unpaired) electrons. The minimum atomic E-state index is -0.986. The molecule has 2 aliphatic rings. The van der Waals surface area contributed by atoms with Crippen LogP contribution >= 0.6 is 0 Å². The van der Waals surface area contributed by atoms with Crippen LogP contribution in [0.3, 0.4) is 0 Å². The summed E-state index contributed by atoms with van der Waals surface area (Å²) in [5, 5.41) is 23.6. The van der Waals surface area contributed by atoms with Crippen molar-refractivity contribution < 1.29 is 14.7 Å². The second-order valence-corrected chi connectivity index (χ2v) is 4.07. The zero-order valence-corrected chi connectivity index (χ0v) is 8.52. The van der Waals surface area contributed by atoms with Gasteiger partial charge in [-0.1, -0.05) is 5.16 Å². The van der Waals surface area contributed by atoms with Gasteiger partial charge in [0, 0.05) is 26.7 Å². The van der Waals surface area contributed by atoms with Gasteiger partial charge < -0.3 is 10.4 Å². The van der Waals surface area contributed by atoms with E-state index in [0.717, 1.165) is 0 Å². The van der Waals surface area contributed by atoms with Crippen molar-refractivity contribution in [3.8, 4) is 0 Å². The van der Waals surface area contributed by atoms with Crippen LogP contribution in [0.4, 0.5) is 0 Å². The van der Waals surface area contributed by atoms with Crippen LogP contribution in [-0.2, 0) is 4.79 Å². The fraction of sp³-hybridized carbons (Fsp3) is 0.556. The average Bonchev–Trinajstić information content (AvgIpc) is 2.40. The Bertz CT molecular complexity index is 432. The quantitative estimate of drug-likeness (QED) is 0.270. The lowest BCUT2D eigenvalue weighted by molar-refractivity contribution is -0.531. The number of oxime groups is 1. The third-order valence-corrected chi connectivity index (χ3v) is 2.56. The lowest BCUT2D eigenvalue weighted by Crippen LogP contribution is -2.39. The van der Waals surface area contributed by atoms with Crippen molar-refractivity contribution in [3.63, 3.8) is 0 Å².